The summed E-state index contributed by atoms with van der Waals surface area (Å²) in [6, 6.07) is 0. The lowest BCUT2D eigenvalue weighted by molar-refractivity contribution is -0.179. The average molecular weight is 346 g/mol. The molecule has 0 saturated carbocycles. The highest BCUT2D eigenvalue weighted by Gasteiger charge is 2.42. The van der Waals surface area contributed by atoms with Crippen LogP contribution < -0.4 is 5.32 Å². The van der Waals surface area contributed by atoms with Crippen molar-refractivity contribution in [3.05, 3.63) is 17.5 Å². The summed E-state index contributed by atoms with van der Waals surface area (Å²) >= 11 is 1.26. The van der Waals surface area contributed by atoms with E-state index in [1.54, 1.807) is 4.57 Å². The van der Waals surface area contributed by atoms with Gasteiger partial charge < -0.3 is 9.88 Å². The van der Waals surface area contributed by atoms with Crippen LogP contribution in [0.15, 0.2) is 0 Å². The summed E-state index contributed by atoms with van der Waals surface area (Å²) in [5.74, 6) is 0.727. The smallest absolute Gasteiger partial charge is 0.353 e. The Morgan fingerprint density at radius 1 is 1.35 bits per heavy atom. The van der Waals surface area contributed by atoms with E-state index in [0.29, 0.717) is 23.3 Å². The fourth-order valence-electron chi connectivity index (χ4n) is 2.49. The summed E-state index contributed by atoms with van der Waals surface area (Å²) in [7, 11) is 0. The molecule has 10 heteroatoms. The molecule has 0 amide bonds. The Morgan fingerprint density at radius 3 is 2.78 bits per heavy atom. The van der Waals surface area contributed by atoms with Gasteiger partial charge in [-0.2, -0.15) is 17.5 Å². The molecule has 1 atom stereocenters. The lowest BCUT2D eigenvalue weighted by Gasteiger charge is -2.25. The Hall–Kier alpha value is -1.71. The molecule has 1 unspecified atom stereocenters. The van der Waals surface area contributed by atoms with Crippen LogP contribution in [0.4, 0.5) is 18.3 Å². The van der Waals surface area contributed by atoms with Crippen molar-refractivity contribution < 1.29 is 13.2 Å². The van der Waals surface area contributed by atoms with Crippen LogP contribution in [0.1, 0.15) is 43.7 Å². The zero-order valence-corrected chi connectivity index (χ0v) is 13.6. The van der Waals surface area contributed by atoms with E-state index >= 15 is 0 Å². The molecule has 1 N–H and O–H groups in total. The second kappa shape index (κ2) is 6.06. The maximum absolute atomic E-state index is 12.8. The highest BCUT2D eigenvalue weighted by molar-refractivity contribution is 7.09. The molecule has 1 aliphatic heterocycles. The van der Waals surface area contributed by atoms with Gasteiger partial charge in [0.25, 0.3) is 0 Å². The van der Waals surface area contributed by atoms with Crippen molar-refractivity contribution in [1.82, 2.24) is 24.1 Å². The van der Waals surface area contributed by atoms with Crippen molar-refractivity contribution in [3.8, 4) is 0 Å². The standard InChI is InChI=1S/C13H17F3N6S/c1-7(2)11-18-12(23-21-11)17-6-10-20-19-9-5-8(13(14,15)16)3-4-22(9)10/h7-8H,3-6H2,1-2H3,(H,17,18,21). The Bertz CT molecular complexity index is 678. The summed E-state index contributed by atoms with van der Waals surface area (Å²) in [6.45, 7) is 4.68. The van der Waals surface area contributed by atoms with E-state index < -0.39 is 12.1 Å². The predicted octanol–water partition coefficient (Wildman–Crippen LogP) is 2.99. The van der Waals surface area contributed by atoms with Crippen LogP contribution in [0.5, 0.6) is 0 Å². The SMILES string of the molecule is CC(C)c1nsc(NCc2nnc3n2CCC(C(F)(F)F)C3)n1. The quantitative estimate of drug-likeness (QED) is 0.922. The summed E-state index contributed by atoms with van der Waals surface area (Å²) in [4.78, 5) is 4.36. The highest BCUT2D eigenvalue weighted by Crippen LogP contribution is 2.34. The zero-order chi connectivity index (χ0) is 16.6. The van der Waals surface area contributed by atoms with Crippen molar-refractivity contribution in [2.45, 2.75) is 51.9 Å². The Kier molecular flexibility index (Phi) is 4.26. The van der Waals surface area contributed by atoms with Gasteiger partial charge in [0, 0.05) is 30.4 Å². The average Bonchev–Trinajstić information content (AvgIpc) is 3.10. The molecule has 2 aromatic heterocycles. The van der Waals surface area contributed by atoms with Gasteiger partial charge in [0.2, 0.25) is 5.13 Å². The molecule has 0 fully saturated rings. The first-order chi connectivity index (χ1) is 10.8. The van der Waals surface area contributed by atoms with Crippen molar-refractivity contribution >= 4 is 16.7 Å². The van der Waals surface area contributed by atoms with Crippen LogP contribution in [0.3, 0.4) is 0 Å². The molecule has 1 aliphatic rings. The largest absolute Gasteiger partial charge is 0.392 e. The number of nitrogens with one attached hydrogen (secondary N) is 1. The maximum Gasteiger partial charge on any atom is 0.392 e. The van der Waals surface area contributed by atoms with Gasteiger partial charge in [-0.25, -0.2) is 4.98 Å². The molecule has 0 aromatic carbocycles. The topological polar surface area (TPSA) is 68.5 Å². The number of rotatable bonds is 4. The van der Waals surface area contributed by atoms with Crippen LogP contribution in [0, 0.1) is 5.92 Å². The number of anilines is 1. The summed E-state index contributed by atoms with van der Waals surface area (Å²) in [5, 5.41) is 11.7. The number of alkyl halides is 3. The fourth-order valence-corrected chi connectivity index (χ4v) is 3.20. The maximum atomic E-state index is 12.8. The van der Waals surface area contributed by atoms with E-state index in [9.17, 15) is 13.2 Å². The van der Waals surface area contributed by atoms with Gasteiger partial charge >= 0.3 is 6.18 Å². The summed E-state index contributed by atoms with van der Waals surface area (Å²) in [6.07, 6.45) is -4.21. The van der Waals surface area contributed by atoms with Gasteiger partial charge in [-0.3, -0.25) is 0 Å². The number of halogens is 3. The van der Waals surface area contributed by atoms with E-state index in [2.05, 4.69) is 24.9 Å². The Balaban J connectivity index is 1.65. The Labute approximate surface area is 135 Å². The third-order valence-electron chi connectivity index (χ3n) is 3.85. The molecular formula is C13H17F3N6S. The first kappa shape index (κ1) is 16.2. The van der Waals surface area contributed by atoms with E-state index in [1.165, 1.54) is 11.5 Å². The predicted molar refractivity (Wildman–Crippen MR) is 79.2 cm³/mol. The van der Waals surface area contributed by atoms with Crippen molar-refractivity contribution in [1.29, 1.82) is 0 Å². The minimum atomic E-state index is -4.17. The number of hydrogen-bond acceptors (Lipinski definition) is 6. The molecule has 126 valence electrons. The molecule has 0 bridgehead atoms. The first-order valence-corrected chi connectivity index (χ1v) is 8.17. The lowest BCUT2D eigenvalue weighted by Crippen LogP contribution is -2.31. The normalized spacial score (nSPS) is 18.3. The van der Waals surface area contributed by atoms with Crippen molar-refractivity contribution in [2.24, 2.45) is 5.92 Å². The van der Waals surface area contributed by atoms with Crippen molar-refractivity contribution in [3.63, 3.8) is 0 Å². The number of fused-ring (bicyclic) bond motifs is 1. The lowest BCUT2D eigenvalue weighted by atomic mass is 9.97. The molecule has 6 nitrogen and oxygen atoms in total. The van der Waals surface area contributed by atoms with Crippen LogP contribution >= 0.6 is 11.5 Å². The van der Waals surface area contributed by atoms with E-state index in [-0.39, 0.29) is 25.3 Å². The molecule has 0 radical (unpaired) electrons. The molecule has 0 aliphatic carbocycles. The second-order valence-corrected chi connectivity index (χ2v) is 6.63. The first-order valence-electron chi connectivity index (χ1n) is 7.39. The van der Waals surface area contributed by atoms with Crippen molar-refractivity contribution in [2.75, 3.05) is 5.32 Å². The van der Waals surface area contributed by atoms with Crippen LogP contribution in [-0.4, -0.2) is 30.3 Å². The highest BCUT2D eigenvalue weighted by atomic mass is 32.1. The van der Waals surface area contributed by atoms with Gasteiger partial charge in [-0.05, 0) is 6.42 Å². The molecule has 2 aromatic rings. The minimum Gasteiger partial charge on any atom is -0.353 e. The molecular weight excluding hydrogens is 329 g/mol. The second-order valence-electron chi connectivity index (χ2n) is 5.88. The number of nitrogens with zero attached hydrogens (tertiary/aromatic N) is 5. The molecule has 23 heavy (non-hydrogen) atoms. The van der Waals surface area contributed by atoms with Crippen LogP contribution in [-0.2, 0) is 19.5 Å². The molecule has 0 spiro atoms. The van der Waals surface area contributed by atoms with E-state index in [4.69, 9.17) is 0 Å². The van der Waals surface area contributed by atoms with Gasteiger partial charge in [0.15, 0.2) is 5.82 Å². The molecule has 0 saturated heterocycles. The minimum absolute atomic E-state index is 0.0673. The van der Waals surface area contributed by atoms with Gasteiger partial charge in [-0.1, -0.05) is 13.8 Å². The van der Waals surface area contributed by atoms with Gasteiger partial charge in [-0.15, -0.1) is 10.2 Å². The van der Waals surface area contributed by atoms with Gasteiger partial charge in [0.1, 0.15) is 11.6 Å². The van der Waals surface area contributed by atoms with E-state index in [0.717, 1.165) is 5.82 Å². The summed E-state index contributed by atoms with van der Waals surface area (Å²) in [5.41, 5.74) is 0. The van der Waals surface area contributed by atoms with Gasteiger partial charge in [0.05, 0.1) is 12.5 Å². The van der Waals surface area contributed by atoms with Crippen LogP contribution in [0.2, 0.25) is 0 Å². The van der Waals surface area contributed by atoms with E-state index in [1.807, 2.05) is 13.8 Å². The number of hydrogen-bond donors (Lipinski definition) is 1. The monoisotopic (exact) mass is 346 g/mol. The summed E-state index contributed by atoms with van der Waals surface area (Å²) < 4.78 is 44.4. The molecule has 3 heterocycles. The number of aromatic nitrogens is 5. The fraction of sp³-hybridized carbons (Fsp3) is 0.692. The zero-order valence-electron chi connectivity index (χ0n) is 12.8. The Morgan fingerprint density at radius 2 is 2.13 bits per heavy atom. The third-order valence-corrected chi connectivity index (χ3v) is 4.54. The molecule has 3 rings (SSSR count). The third kappa shape index (κ3) is 3.46. The van der Waals surface area contributed by atoms with Crippen LogP contribution in [0.25, 0.3) is 0 Å².